The molecule has 0 saturated carbocycles. The minimum absolute atomic E-state index is 0.314. The molecule has 0 N–H and O–H groups in total. The minimum Gasteiger partial charge on any atom is -0.493 e. The highest BCUT2D eigenvalue weighted by molar-refractivity contribution is 5.92. The van der Waals surface area contributed by atoms with E-state index in [1.54, 1.807) is 12.1 Å². The van der Waals surface area contributed by atoms with Crippen LogP contribution in [-0.2, 0) is 4.74 Å². The molecule has 0 aliphatic carbocycles. The van der Waals surface area contributed by atoms with Gasteiger partial charge in [-0.1, -0.05) is 32.9 Å². The Labute approximate surface area is 103 Å². The molecule has 1 aromatic rings. The van der Waals surface area contributed by atoms with Gasteiger partial charge >= 0.3 is 5.97 Å². The monoisotopic (exact) mass is 236 g/mol. The first kappa shape index (κ1) is 13.6. The SMILES string of the molecule is CCCOc1ccccc1C(=O)OCC(C)C. The molecule has 1 aromatic carbocycles. The van der Waals surface area contributed by atoms with Crippen molar-refractivity contribution >= 4 is 5.97 Å². The summed E-state index contributed by atoms with van der Waals surface area (Å²) in [6.45, 7) is 7.08. The van der Waals surface area contributed by atoms with Crippen LogP contribution in [0.2, 0.25) is 0 Å². The zero-order valence-electron chi connectivity index (χ0n) is 10.7. The zero-order valence-corrected chi connectivity index (χ0v) is 10.7. The number of hydrogen-bond donors (Lipinski definition) is 0. The van der Waals surface area contributed by atoms with Crippen LogP contribution in [0.5, 0.6) is 5.75 Å². The van der Waals surface area contributed by atoms with Crippen LogP contribution in [0.4, 0.5) is 0 Å². The molecule has 0 unspecified atom stereocenters. The molecule has 0 atom stereocenters. The molecule has 0 fully saturated rings. The van der Waals surface area contributed by atoms with Crippen molar-refractivity contribution in [1.82, 2.24) is 0 Å². The van der Waals surface area contributed by atoms with Crippen molar-refractivity contribution in [3.63, 3.8) is 0 Å². The zero-order chi connectivity index (χ0) is 12.7. The van der Waals surface area contributed by atoms with E-state index in [0.717, 1.165) is 6.42 Å². The van der Waals surface area contributed by atoms with Crippen molar-refractivity contribution in [1.29, 1.82) is 0 Å². The van der Waals surface area contributed by atoms with E-state index in [0.29, 0.717) is 30.4 Å². The summed E-state index contributed by atoms with van der Waals surface area (Å²) < 4.78 is 10.7. The Morgan fingerprint density at radius 2 is 2.00 bits per heavy atom. The van der Waals surface area contributed by atoms with Gasteiger partial charge in [0.05, 0.1) is 13.2 Å². The molecule has 0 heterocycles. The third-order valence-electron chi connectivity index (χ3n) is 2.12. The first-order chi connectivity index (χ1) is 8.15. The van der Waals surface area contributed by atoms with E-state index in [-0.39, 0.29) is 5.97 Å². The highest BCUT2D eigenvalue weighted by Crippen LogP contribution is 2.19. The fraction of sp³-hybridized carbons (Fsp3) is 0.500. The topological polar surface area (TPSA) is 35.5 Å². The van der Waals surface area contributed by atoms with E-state index in [1.165, 1.54) is 0 Å². The maximum atomic E-state index is 11.8. The lowest BCUT2D eigenvalue weighted by molar-refractivity contribution is 0.0454. The van der Waals surface area contributed by atoms with Gasteiger partial charge in [0.15, 0.2) is 0 Å². The molecule has 3 nitrogen and oxygen atoms in total. The van der Waals surface area contributed by atoms with Gasteiger partial charge in [-0.05, 0) is 24.5 Å². The van der Waals surface area contributed by atoms with Gasteiger partial charge in [0.2, 0.25) is 0 Å². The summed E-state index contributed by atoms with van der Waals surface area (Å²) in [6.07, 6.45) is 0.912. The van der Waals surface area contributed by atoms with Crippen LogP contribution >= 0.6 is 0 Å². The molecule has 0 aliphatic rings. The summed E-state index contributed by atoms with van der Waals surface area (Å²) >= 11 is 0. The summed E-state index contributed by atoms with van der Waals surface area (Å²) in [5.74, 6) is 0.621. The lowest BCUT2D eigenvalue weighted by atomic mass is 10.2. The number of ether oxygens (including phenoxy) is 2. The van der Waals surface area contributed by atoms with Crippen LogP contribution < -0.4 is 4.74 Å². The van der Waals surface area contributed by atoms with Gasteiger partial charge in [0, 0.05) is 0 Å². The van der Waals surface area contributed by atoms with E-state index in [1.807, 2.05) is 32.9 Å². The van der Waals surface area contributed by atoms with Gasteiger partial charge in [-0.25, -0.2) is 4.79 Å². The molecule has 0 aromatic heterocycles. The third-order valence-corrected chi connectivity index (χ3v) is 2.12. The third kappa shape index (κ3) is 4.47. The second kappa shape index (κ2) is 6.94. The molecule has 0 aliphatic heterocycles. The predicted molar refractivity (Wildman–Crippen MR) is 67.3 cm³/mol. The second-order valence-electron chi connectivity index (χ2n) is 4.34. The fourth-order valence-electron chi connectivity index (χ4n) is 1.29. The highest BCUT2D eigenvalue weighted by Gasteiger charge is 2.13. The van der Waals surface area contributed by atoms with Gasteiger partial charge in [0.25, 0.3) is 0 Å². The van der Waals surface area contributed by atoms with Crippen LogP contribution in [0.25, 0.3) is 0 Å². The lowest BCUT2D eigenvalue weighted by Gasteiger charge is -2.11. The van der Waals surface area contributed by atoms with Crippen molar-refractivity contribution in [3.05, 3.63) is 29.8 Å². The Morgan fingerprint density at radius 1 is 1.29 bits per heavy atom. The average Bonchev–Trinajstić information content (AvgIpc) is 2.33. The highest BCUT2D eigenvalue weighted by atomic mass is 16.5. The summed E-state index contributed by atoms with van der Waals surface area (Å²) in [6, 6.07) is 7.18. The van der Waals surface area contributed by atoms with Gasteiger partial charge in [0.1, 0.15) is 11.3 Å². The Morgan fingerprint density at radius 3 is 2.65 bits per heavy atom. The van der Waals surface area contributed by atoms with Crippen LogP contribution in [-0.4, -0.2) is 19.2 Å². The fourth-order valence-corrected chi connectivity index (χ4v) is 1.29. The smallest absolute Gasteiger partial charge is 0.341 e. The van der Waals surface area contributed by atoms with Gasteiger partial charge in [-0.2, -0.15) is 0 Å². The van der Waals surface area contributed by atoms with Crippen LogP contribution in [0.3, 0.4) is 0 Å². The van der Waals surface area contributed by atoms with Crippen molar-refractivity contribution < 1.29 is 14.3 Å². The number of rotatable bonds is 6. The summed E-state index contributed by atoms with van der Waals surface area (Å²) in [5.41, 5.74) is 0.501. The molecular weight excluding hydrogens is 216 g/mol. The maximum Gasteiger partial charge on any atom is 0.341 e. The van der Waals surface area contributed by atoms with E-state index >= 15 is 0 Å². The van der Waals surface area contributed by atoms with E-state index in [9.17, 15) is 4.79 Å². The number of esters is 1. The number of para-hydroxylation sites is 1. The van der Waals surface area contributed by atoms with Crippen molar-refractivity contribution in [2.45, 2.75) is 27.2 Å². The van der Waals surface area contributed by atoms with E-state index in [4.69, 9.17) is 9.47 Å². The molecular formula is C14H20O3. The standard InChI is InChI=1S/C14H20O3/c1-4-9-16-13-8-6-5-7-12(13)14(15)17-10-11(2)3/h5-8,11H,4,9-10H2,1-3H3. The Hall–Kier alpha value is -1.51. The van der Waals surface area contributed by atoms with Crippen molar-refractivity contribution in [2.75, 3.05) is 13.2 Å². The second-order valence-corrected chi connectivity index (χ2v) is 4.34. The first-order valence-corrected chi connectivity index (χ1v) is 6.04. The lowest BCUT2D eigenvalue weighted by Crippen LogP contribution is -2.12. The Kier molecular flexibility index (Phi) is 5.53. The predicted octanol–water partition coefficient (Wildman–Crippen LogP) is 3.29. The molecule has 1 rings (SSSR count). The van der Waals surface area contributed by atoms with Crippen LogP contribution in [0.1, 0.15) is 37.6 Å². The Balaban J connectivity index is 2.70. The molecule has 0 saturated heterocycles. The molecule has 0 bridgehead atoms. The summed E-state index contributed by atoms with van der Waals surface area (Å²) in [7, 11) is 0. The van der Waals surface area contributed by atoms with Crippen LogP contribution in [0, 0.1) is 5.92 Å². The maximum absolute atomic E-state index is 11.8. The van der Waals surface area contributed by atoms with Gasteiger partial charge < -0.3 is 9.47 Å². The van der Waals surface area contributed by atoms with Crippen molar-refractivity contribution in [3.8, 4) is 5.75 Å². The molecule has 0 radical (unpaired) electrons. The number of benzene rings is 1. The molecule has 3 heteroatoms. The van der Waals surface area contributed by atoms with Gasteiger partial charge in [-0.15, -0.1) is 0 Å². The molecule has 17 heavy (non-hydrogen) atoms. The van der Waals surface area contributed by atoms with E-state index in [2.05, 4.69) is 0 Å². The molecule has 94 valence electrons. The molecule has 0 spiro atoms. The number of hydrogen-bond acceptors (Lipinski definition) is 3. The van der Waals surface area contributed by atoms with Crippen LogP contribution in [0.15, 0.2) is 24.3 Å². The number of carbonyl (C=O) groups is 1. The average molecular weight is 236 g/mol. The number of carbonyl (C=O) groups excluding carboxylic acids is 1. The largest absolute Gasteiger partial charge is 0.493 e. The Bertz CT molecular complexity index is 358. The summed E-state index contributed by atoms with van der Waals surface area (Å²) in [4.78, 5) is 11.8. The van der Waals surface area contributed by atoms with Gasteiger partial charge in [-0.3, -0.25) is 0 Å². The normalized spacial score (nSPS) is 10.4. The summed E-state index contributed by atoms with van der Waals surface area (Å²) in [5, 5.41) is 0. The quantitative estimate of drug-likeness (QED) is 0.711. The minimum atomic E-state index is -0.314. The van der Waals surface area contributed by atoms with Crippen molar-refractivity contribution in [2.24, 2.45) is 5.92 Å². The first-order valence-electron chi connectivity index (χ1n) is 6.04. The molecule has 0 amide bonds. The van der Waals surface area contributed by atoms with E-state index < -0.39 is 0 Å².